The average molecular weight is 520 g/mol. The van der Waals surface area contributed by atoms with Crippen LogP contribution in [-0.2, 0) is 4.74 Å². The van der Waals surface area contributed by atoms with Crippen LogP contribution in [-0.4, -0.2) is 35.5 Å². The molecule has 3 rings (SSSR count). The number of carbonyl (C=O) groups excluding carboxylic acids is 1. The third kappa shape index (κ3) is 8.54. The number of nitrogens with two attached hydrogens (primary N) is 1. The van der Waals surface area contributed by atoms with Crippen LogP contribution in [0.3, 0.4) is 0 Å². The highest BCUT2D eigenvalue weighted by Crippen LogP contribution is 2.35. The van der Waals surface area contributed by atoms with Crippen LogP contribution in [0.4, 0.5) is 15.0 Å². The molecule has 36 heavy (non-hydrogen) atoms. The first-order valence-corrected chi connectivity index (χ1v) is 13.0. The highest BCUT2D eigenvalue weighted by Gasteiger charge is 2.33. The molecule has 1 aliphatic carbocycles. The van der Waals surface area contributed by atoms with Gasteiger partial charge in [0.05, 0.1) is 5.02 Å². The molecule has 1 amide bonds. The number of nitrogens with one attached hydrogen (secondary N) is 1. The van der Waals surface area contributed by atoms with Gasteiger partial charge < -0.3 is 20.5 Å². The molecule has 0 spiro atoms. The van der Waals surface area contributed by atoms with E-state index < -0.39 is 17.9 Å². The number of hydrogen-bond donors (Lipinski definition) is 2. The molecular formula is C28H39ClFN3O3. The Morgan fingerprint density at radius 1 is 1.19 bits per heavy atom. The number of pyridine rings is 1. The van der Waals surface area contributed by atoms with Gasteiger partial charge in [0.25, 0.3) is 0 Å². The first-order valence-electron chi connectivity index (χ1n) is 12.6. The minimum atomic E-state index is -0.886. The van der Waals surface area contributed by atoms with Crippen molar-refractivity contribution in [1.29, 1.82) is 0 Å². The number of amides is 1. The number of aromatic nitrogens is 1. The maximum Gasteiger partial charge on any atom is 0.405 e. The number of anilines is 1. The van der Waals surface area contributed by atoms with Crippen molar-refractivity contribution in [3.8, 4) is 16.9 Å². The van der Waals surface area contributed by atoms with Gasteiger partial charge in [-0.1, -0.05) is 45.4 Å². The number of carbonyl (C=O) groups is 1. The smallest absolute Gasteiger partial charge is 0.405 e. The zero-order valence-corrected chi connectivity index (χ0v) is 22.7. The second kappa shape index (κ2) is 11.7. The predicted molar refractivity (Wildman–Crippen MR) is 143 cm³/mol. The Morgan fingerprint density at radius 3 is 2.53 bits per heavy atom. The summed E-state index contributed by atoms with van der Waals surface area (Å²) in [6, 6.07) is 9.49. The van der Waals surface area contributed by atoms with E-state index in [0.717, 1.165) is 24.0 Å². The molecule has 1 fully saturated rings. The Hall–Kier alpha value is -2.54. The molecule has 0 unspecified atom stereocenters. The van der Waals surface area contributed by atoms with E-state index in [9.17, 15) is 9.18 Å². The summed E-state index contributed by atoms with van der Waals surface area (Å²) in [6.45, 7) is 10.6. The van der Waals surface area contributed by atoms with Gasteiger partial charge in [-0.2, -0.15) is 0 Å². The number of ether oxygens (including phenoxy) is 2. The zero-order chi connectivity index (χ0) is 26.5. The topological polar surface area (TPSA) is 86.5 Å². The van der Waals surface area contributed by atoms with Crippen LogP contribution < -0.4 is 15.8 Å². The van der Waals surface area contributed by atoms with Gasteiger partial charge in [-0.15, -0.1) is 0 Å². The van der Waals surface area contributed by atoms with E-state index in [1.165, 1.54) is 0 Å². The van der Waals surface area contributed by atoms with Crippen LogP contribution in [0, 0.1) is 11.3 Å². The summed E-state index contributed by atoms with van der Waals surface area (Å²) in [5, 5.41) is 3.77. The zero-order valence-electron chi connectivity index (χ0n) is 21.9. The Balaban J connectivity index is 1.68. The highest BCUT2D eigenvalue weighted by atomic mass is 35.5. The minimum absolute atomic E-state index is 0.102. The SMILES string of the molecule is C[C@@H](CC(C)(C)C)C[C@@](C)(COc1ccc(-c2ccnc(N[C@H]3CC[C@H](F)C3)c2)cc1Cl)OC(N)=O. The first kappa shape index (κ1) is 28.0. The standard InChI is InChI=1S/C28H39ClFN3O3/c1-18(15-27(2,3)4)16-28(5,36-26(31)34)17-35-24-9-6-19(12-23(24)29)20-10-11-32-25(13-20)33-22-8-7-21(30)14-22/h6,9-13,18,21-22H,7-8,14-17H2,1-5H3,(H2,31,34)(H,32,33)/t18-,21-,22-,28-/m0/s1. The predicted octanol–water partition coefficient (Wildman–Crippen LogP) is 7.40. The molecule has 8 heteroatoms. The van der Waals surface area contributed by atoms with Crippen molar-refractivity contribution >= 4 is 23.5 Å². The molecule has 0 radical (unpaired) electrons. The summed E-state index contributed by atoms with van der Waals surface area (Å²) in [7, 11) is 0. The number of hydrogen-bond acceptors (Lipinski definition) is 5. The molecule has 1 aromatic carbocycles. The third-order valence-electron chi connectivity index (χ3n) is 6.37. The third-order valence-corrected chi connectivity index (χ3v) is 6.66. The van der Waals surface area contributed by atoms with Gasteiger partial charge in [-0.3, -0.25) is 0 Å². The van der Waals surface area contributed by atoms with Crippen LogP contribution in [0.1, 0.15) is 66.7 Å². The molecule has 1 aromatic heterocycles. The second-order valence-corrected chi connectivity index (χ2v) is 12.0. The van der Waals surface area contributed by atoms with E-state index in [4.69, 9.17) is 26.8 Å². The highest BCUT2D eigenvalue weighted by molar-refractivity contribution is 6.32. The molecule has 6 nitrogen and oxygen atoms in total. The van der Waals surface area contributed by atoms with Crippen molar-refractivity contribution in [3.63, 3.8) is 0 Å². The van der Waals surface area contributed by atoms with E-state index >= 15 is 0 Å². The van der Waals surface area contributed by atoms with Gasteiger partial charge in [0, 0.05) is 12.2 Å². The molecule has 2 aromatic rings. The normalized spacial score (nSPS) is 20.4. The van der Waals surface area contributed by atoms with Gasteiger partial charge in [0.2, 0.25) is 0 Å². The lowest BCUT2D eigenvalue weighted by Gasteiger charge is -2.33. The fourth-order valence-corrected chi connectivity index (χ4v) is 5.45. The first-order chi connectivity index (χ1) is 16.8. The fraction of sp³-hybridized carbons (Fsp3) is 0.571. The summed E-state index contributed by atoms with van der Waals surface area (Å²) in [5.74, 6) is 1.51. The van der Waals surface area contributed by atoms with Crippen LogP contribution in [0.5, 0.6) is 5.75 Å². The van der Waals surface area contributed by atoms with Gasteiger partial charge in [-0.05, 0) is 85.8 Å². The van der Waals surface area contributed by atoms with Crippen LogP contribution in [0.25, 0.3) is 11.1 Å². The molecule has 0 bridgehead atoms. The molecule has 4 atom stereocenters. The van der Waals surface area contributed by atoms with Crippen molar-refractivity contribution in [2.24, 2.45) is 17.1 Å². The monoisotopic (exact) mass is 519 g/mol. The summed E-state index contributed by atoms with van der Waals surface area (Å²) >= 11 is 6.57. The number of nitrogens with zero attached hydrogens (tertiary/aromatic N) is 1. The molecule has 0 aliphatic heterocycles. The van der Waals surface area contributed by atoms with Crippen LogP contribution >= 0.6 is 11.6 Å². The Bertz CT molecular complexity index is 1040. The maximum absolute atomic E-state index is 13.5. The van der Waals surface area contributed by atoms with Crippen molar-refractivity contribution in [3.05, 3.63) is 41.6 Å². The van der Waals surface area contributed by atoms with Gasteiger partial charge in [-0.25, -0.2) is 14.2 Å². The largest absolute Gasteiger partial charge is 0.488 e. The fourth-order valence-electron chi connectivity index (χ4n) is 5.21. The molecule has 198 valence electrons. The minimum Gasteiger partial charge on any atom is -0.488 e. The van der Waals surface area contributed by atoms with Crippen molar-refractivity contribution in [2.45, 2.75) is 84.5 Å². The van der Waals surface area contributed by atoms with Crippen molar-refractivity contribution < 1.29 is 18.7 Å². The van der Waals surface area contributed by atoms with Crippen LogP contribution in [0.15, 0.2) is 36.5 Å². The molecule has 1 heterocycles. The number of rotatable bonds is 10. The number of halogens is 2. The van der Waals surface area contributed by atoms with Crippen LogP contribution in [0.2, 0.25) is 5.02 Å². The van der Waals surface area contributed by atoms with E-state index in [1.807, 2.05) is 31.2 Å². The van der Waals surface area contributed by atoms with E-state index in [-0.39, 0.29) is 18.1 Å². The number of primary amides is 1. The lowest BCUT2D eigenvalue weighted by molar-refractivity contribution is -0.0230. The summed E-state index contributed by atoms with van der Waals surface area (Å²) < 4.78 is 25.0. The maximum atomic E-state index is 13.5. The second-order valence-electron chi connectivity index (χ2n) is 11.6. The van der Waals surface area contributed by atoms with Crippen molar-refractivity contribution in [2.75, 3.05) is 11.9 Å². The van der Waals surface area contributed by atoms with E-state index in [1.54, 1.807) is 12.3 Å². The summed E-state index contributed by atoms with van der Waals surface area (Å²) in [5.41, 5.74) is 6.48. The number of benzene rings is 1. The lowest BCUT2D eigenvalue weighted by Crippen LogP contribution is -2.41. The molecular weight excluding hydrogens is 481 g/mol. The Kier molecular flexibility index (Phi) is 9.09. The van der Waals surface area contributed by atoms with Gasteiger partial charge in [0.15, 0.2) is 0 Å². The number of alkyl halides is 1. The summed E-state index contributed by atoms with van der Waals surface area (Å²) in [4.78, 5) is 16.0. The summed E-state index contributed by atoms with van der Waals surface area (Å²) in [6.07, 6.45) is 3.64. The molecule has 0 saturated heterocycles. The Morgan fingerprint density at radius 2 is 1.92 bits per heavy atom. The van der Waals surface area contributed by atoms with Crippen molar-refractivity contribution in [1.82, 2.24) is 4.98 Å². The molecule has 3 N–H and O–H groups in total. The Labute approximate surface area is 219 Å². The average Bonchev–Trinajstić information content (AvgIpc) is 3.15. The molecule has 1 aliphatic rings. The van der Waals surface area contributed by atoms with E-state index in [2.05, 4.69) is 38.0 Å². The van der Waals surface area contributed by atoms with Gasteiger partial charge >= 0.3 is 6.09 Å². The molecule has 1 saturated carbocycles. The van der Waals surface area contributed by atoms with Gasteiger partial charge in [0.1, 0.15) is 29.9 Å². The van der Waals surface area contributed by atoms with E-state index in [0.29, 0.717) is 41.8 Å². The quantitative estimate of drug-likeness (QED) is 0.341. The lowest BCUT2D eigenvalue weighted by atomic mass is 9.81.